The molecule has 0 aromatic carbocycles. The predicted molar refractivity (Wildman–Crippen MR) is 57.2 cm³/mol. The number of carbonyl (C=O) groups excluding carboxylic acids is 1. The van der Waals surface area contributed by atoms with Crippen molar-refractivity contribution in [2.45, 2.75) is 44.2 Å². The van der Waals surface area contributed by atoms with Crippen LogP contribution in [0, 0.1) is 0 Å². The van der Waals surface area contributed by atoms with E-state index in [9.17, 15) is 4.79 Å². The SMILES string of the molecule is COC(=O)C/C=C1\ON1C1(OO)CCCCC1. The summed E-state index contributed by atoms with van der Waals surface area (Å²) in [7, 11) is 1.34. The van der Waals surface area contributed by atoms with Crippen molar-refractivity contribution in [3.8, 4) is 0 Å². The Labute approximate surface area is 99.6 Å². The van der Waals surface area contributed by atoms with E-state index in [0.29, 0.717) is 5.88 Å². The van der Waals surface area contributed by atoms with Crippen molar-refractivity contribution < 1.29 is 24.5 Å². The van der Waals surface area contributed by atoms with E-state index < -0.39 is 5.72 Å². The third-order valence-corrected chi connectivity index (χ3v) is 3.20. The van der Waals surface area contributed by atoms with Gasteiger partial charge < -0.3 is 9.57 Å². The molecule has 2 fully saturated rings. The molecule has 1 aliphatic carbocycles. The molecule has 1 saturated heterocycles. The first kappa shape index (κ1) is 12.2. The molecule has 1 heterocycles. The zero-order chi connectivity index (χ0) is 12.3. The Morgan fingerprint density at radius 2 is 2.24 bits per heavy atom. The lowest BCUT2D eigenvalue weighted by Crippen LogP contribution is -2.41. The third kappa shape index (κ3) is 2.53. The number of ether oxygens (including phenoxy) is 1. The maximum Gasteiger partial charge on any atom is 0.309 e. The van der Waals surface area contributed by atoms with Gasteiger partial charge in [-0.1, -0.05) is 6.42 Å². The zero-order valence-electron chi connectivity index (χ0n) is 9.85. The van der Waals surface area contributed by atoms with Crippen LogP contribution in [0.15, 0.2) is 12.0 Å². The smallest absolute Gasteiger partial charge is 0.309 e. The lowest BCUT2D eigenvalue weighted by Gasteiger charge is -2.31. The quantitative estimate of drug-likeness (QED) is 0.351. The monoisotopic (exact) mass is 243 g/mol. The summed E-state index contributed by atoms with van der Waals surface area (Å²) in [5.74, 6) is 0.238. The Morgan fingerprint density at radius 1 is 1.53 bits per heavy atom. The number of carbonyl (C=O) groups is 1. The summed E-state index contributed by atoms with van der Waals surface area (Å²) in [6, 6.07) is 0. The Bertz CT molecular complexity index is 322. The standard InChI is InChI=1S/C11H17NO5/c1-15-10(13)6-5-9-12(16-9)11(17-14)7-3-2-4-8-11/h5,14H,2-4,6-8H2,1H3/b9-5-. The zero-order valence-corrected chi connectivity index (χ0v) is 9.85. The van der Waals surface area contributed by atoms with E-state index in [-0.39, 0.29) is 12.4 Å². The van der Waals surface area contributed by atoms with Gasteiger partial charge in [0.2, 0.25) is 5.72 Å². The fourth-order valence-electron chi connectivity index (χ4n) is 2.17. The number of hydrogen-bond acceptors (Lipinski definition) is 6. The van der Waals surface area contributed by atoms with Crippen molar-refractivity contribution in [3.05, 3.63) is 12.0 Å². The van der Waals surface area contributed by atoms with E-state index in [4.69, 9.17) is 10.1 Å². The predicted octanol–water partition coefficient (Wildman–Crippen LogP) is 1.79. The molecule has 1 saturated carbocycles. The molecule has 2 aliphatic rings. The van der Waals surface area contributed by atoms with Gasteiger partial charge in [0.05, 0.1) is 13.5 Å². The second-order valence-electron chi connectivity index (χ2n) is 4.31. The van der Waals surface area contributed by atoms with Crippen LogP contribution >= 0.6 is 0 Å². The van der Waals surface area contributed by atoms with E-state index >= 15 is 0 Å². The van der Waals surface area contributed by atoms with Crippen LogP contribution in [-0.4, -0.2) is 29.1 Å². The minimum atomic E-state index is -0.764. The van der Waals surface area contributed by atoms with Gasteiger partial charge in [-0.05, 0) is 18.9 Å². The van der Waals surface area contributed by atoms with Gasteiger partial charge >= 0.3 is 5.97 Å². The molecule has 0 unspecified atom stereocenters. The Balaban J connectivity index is 1.93. The molecule has 2 rings (SSSR count). The molecule has 0 amide bonds. The highest BCUT2D eigenvalue weighted by atomic mass is 17.1. The van der Waals surface area contributed by atoms with Crippen LogP contribution in [0.3, 0.4) is 0 Å². The summed E-state index contributed by atoms with van der Waals surface area (Å²) in [5.41, 5.74) is -0.764. The fraction of sp³-hybridized carbons (Fsp3) is 0.727. The molecule has 0 aromatic heterocycles. The summed E-state index contributed by atoms with van der Waals surface area (Å²) in [6.45, 7) is 0. The number of hydroxylamine groups is 2. The maximum absolute atomic E-state index is 11.0. The van der Waals surface area contributed by atoms with Crippen molar-refractivity contribution in [3.63, 3.8) is 0 Å². The molecular weight excluding hydrogens is 226 g/mol. The summed E-state index contributed by atoms with van der Waals surface area (Å²) in [6.07, 6.45) is 6.35. The minimum absolute atomic E-state index is 0.157. The molecule has 0 atom stereocenters. The minimum Gasteiger partial charge on any atom is -0.469 e. The highest BCUT2D eigenvalue weighted by Gasteiger charge is 2.51. The van der Waals surface area contributed by atoms with Gasteiger partial charge in [-0.2, -0.15) is 0 Å². The molecule has 0 spiro atoms. The molecule has 6 heteroatoms. The molecule has 0 radical (unpaired) electrons. The van der Waals surface area contributed by atoms with Crippen LogP contribution in [0.1, 0.15) is 38.5 Å². The summed E-state index contributed by atoms with van der Waals surface area (Å²) in [4.78, 5) is 20.8. The van der Waals surface area contributed by atoms with Gasteiger partial charge in [0, 0.05) is 12.8 Å². The summed E-state index contributed by atoms with van der Waals surface area (Å²) >= 11 is 0. The van der Waals surface area contributed by atoms with E-state index in [1.165, 1.54) is 12.2 Å². The van der Waals surface area contributed by atoms with E-state index in [2.05, 4.69) is 9.62 Å². The van der Waals surface area contributed by atoms with E-state index in [0.717, 1.165) is 32.1 Å². The lowest BCUT2D eigenvalue weighted by molar-refractivity contribution is -0.372. The first-order valence-electron chi connectivity index (χ1n) is 5.79. The Hall–Kier alpha value is -1.27. The average Bonchev–Trinajstić information content (AvgIpc) is 3.17. The number of hydrogen-bond donors (Lipinski definition) is 1. The van der Waals surface area contributed by atoms with Crippen molar-refractivity contribution in [2.75, 3.05) is 7.11 Å². The van der Waals surface area contributed by atoms with Crippen LogP contribution in [0.4, 0.5) is 0 Å². The second-order valence-corrected chi connectivity index (χ2v) is 4.31. The molecule has 0 bridgehead atoms. The van der Waals surface area contributed by atoms with Gasteiger partial charge in [-0.15, -0.1) is 5.06 Å². The lowest BCUT2D eigenvalue weighted by atomic mass is 9.92. The number of nitrogens with zero attached hydrogens (tertiary/aromatic N) is 1. The van der Waals surface area contributed by atoms with Gasteiger partial charge in [0.1, 0.15) is 0 Å². The molecular formula is C11H17NO5. The van der Waals surface area contributed by atoms with Gasteiger partial charge in [-0.25, -0.2) is 10.1 Å². The summed E-state index contributed by atoms with van der Waals surface area (Å²) < 4.78 is 4.52. The van der Waals surface area contributed by atoms with Crippen LogP contribution in [0.2, 0.25) is 0 Å². The highest BCUT2D eigenvalue weighted by molar-refractivity contribution is 5.71. The van der Waals surface area contributed by atoms with Crippen molar-refractivity contribution >= 4 is 5.97 Å². The first-order chi connectivity index (χ1) is 8.22. The first-order valence-corrected chi connectivity index (χ1v) is 5.79. The molecule has 6 nitrogen and oxygen atoms in total. The fourth-order valence-corrected chi connectivity index (χ4v) is 2.17. The Morgan fingerprint density at radius 3 is 2.82 bits per heavy atom. The van der Waals surface area contributed by atoms with Crippen LogP contribution in [-0.2, 0) is 19.3 Å². The normalized spacial score (nSPS) is 24.4. The average molecular weight is 243 g/mol. The van der Waals surface area contributed by atoms with Crippen molar-refractivity contribution in [1.82, 2.24) is 5.06 Å². The van der Waals surface area contributed by atoms with Crippen LogP contribution in [0.25, 0.3) is 0 Å². The van der Waals surface area contributed by atoms with Gasteiger partial charge in [0.15, 0.2) is 0 Å². The van der Waals surface area contributed by atoms with Gasteiger partial charge in [0.25, 0.3) is 5.88 Å². The second kappa shape index (κ2) is 4.93. The molecule has 17 heavy (non-hydrogen) atoms. The van der Waals surface area contributed by atoms with Crippen LogP contribution < -0.4 is 0 Å². The number of rotatable bonds is 4. The molecule has 1 N–H and O–H groups in total. The third-order valence-electron chi connectivity index (χ3n) is 3.20. The van der Waals surface area contributed by atoms with E-state index in [1.807, 2.05) is 0 Å². The van der Waals surface area contributed by atoms with Crippen molar-refractivity contribution in [1.29, 1.82) is 0 Å². The number of esters is 1. The molecule has 0 aromatic rings. The maximum atomic E-state index is 11.0. The van der Waals surface area contributed by atoms with E-state index in [1.54, 1.807) is 6.08 Å². The molecule has 96 valence electrons. The highest BCUT2D eigenvalue weighted by Crippen LogP contribution is 2.44. The number of methoxy groups -OCH3 is 1. The molecule has 1 aliphatic heterocycles. The Kier molecular flexibility index (Phi) is 3.54. The van der Waals surface area contributed by atoms with Crippen LogP contribution in [0.5, 0.6) is 0 Å². The summed E-state index contributed by atoms with van der Waals surface area (Å²) in [5, 5.41) is 10.6. The largest absolute Gasteiger partial charge is 0.469 e. The van der Waals surface area contributed by atoms with Gasteiger partial charge in [-0.3, -0.25) is 4.79 Å². The topological polar surface area (TPSA) is 71.3 Å². The van der Waals surface area contributed by atoms with Crippen molar-refractivity contribution in [2.24, 2.45) is 0 Å².